The predicted molar refractivity (Wildman–Crippen MR) is 80.9 cm³/mol. The fourth-order valence-electron chi connectivity index (χ4n) is 1.48. The van der Waals surface area contributed by atoms with Gasteiger partial charge in [-0.2, -0.15) is 5.26 Å². The minimum atomic E-state index is 0.369. The lowest BCUT2D eigenvalue weighted by Gasteiger charge is -2.11. The highest BCUT2D eigenvalue weighted by atomic mass is 35.5. The van der Waals surface area contributed by atoms with Crippen molar-refractivity contribution in [3.05, 3.63) is 56.0 Å². The number of halogens is 4. The van der Waals surface area contributed by atoms with E-state index >= 15 is 0 Å². The molecule has 19 heavy (non-hydrogen) atoms. The van der Waals surface area contributed by atoms with Gasteiger partial charge in [-0.3, -0.25) is 0 Å². The molecule has 0 atom stereocenters. The van der Waals surface area contributed by atoms with Crippen LogP contribution in [0.1, 0.15) is 5.56 Å². The van der Waals surface area contributed by atoms with Crippen LogP contribution in [0.3, 0.4) is 0 Å². The maximum absolute atomic E-state index is 9.06. The summed E-state index contributed by atoms with van der Waals surface area (Å²) in [7, 11) is 0. The molecule has 0 spiro atoms. The molecule has 0 aliphatic carbocycles. The van der Waals surface area contributed by atoms with E-state index in [1.165, 1.54) is 6.07 Å². The molecule has 1 N–H and O–H groups in total. The number of nitrogens with zero attached hydrogens (tertiary/aromatic N) is 1. The number of nitriles is 1. The van der Waals surface area contributed by atoms with E-state index in [0.717, 1.165) is 0 Å². The number of nitrogens with one attached hydrogen (secondary N) is 1. The second kappa shape index (κ2) is 5.90. The summed E-state index contributed by atoms with van der Waals surface area (Å²) < 4.78 is 0. The van der Waals surface area contributed by atoms with Crippen LogP contribution in [0.25, 0.3) is 0 Å². The largest absolute Gasteiger partial charge is 0.353 e. The summed E-state index contributed by atoms with van der Waals surface area (Å²) in [5, 5.41) is 13.7. The minimum absolute atomic E-state index is 0.369. The first-order chi connectivity index (χ1) is 9.01. The lowest BCUT2D eigenvalue weighted by Crippen LogP contribution is -1.94. The lowest BCUT2D eigenvalue weighted by molar-refractivity contribution is 1.46. The van der Waals surface area contributed by atoms with E-state index in [9.17, 15) is 0 Å². The van der Waals surface area contributed by atoms with Crippen molar-refractivity contribution in [2.75, 3.05) is 5.32 Å². The Kier molecular flexibility index (Phi) is 4.44. The zero-order valence-electron chi connectivity index (χ0n) is 9.35. The molecule has 0 aliphatic rings. The van der Waals surface area contributed by atoms with Gasteiger partial charge in [0.1, 0.15) is 6.07 Å². The van der Waals surface area contributed by atoms with Gasteiger partial charge in [-0.15, -0.1) is 0 Å². The lowest BCUT2D eigenvalue weighted by atomic mass is 10.2. The molecule has 0 amide bonds. The fraction of sp³-hybridized carbons (Fsp3) is 0. The van der Waals surface area contributed by atoms with Crippen molar-refractivity contribution in [1.82, 2.24) is 0 Å². The van der Waals surface area contributed by atoms with Gasteiger partial charge in [-0.1, -0.05) is 46.4 Å². The molecule has 2 nitrogen and oxygen atoms in total. The minimum Gasteiger partial charge on any atom is -0.353 e. The Labute approximate surface area is 130 Å². The normalized spacial score (nSPS) is 10.1. The highest BCUT2D eigenvalue weighted by Gasteiger charge is 2.09. The number of hydrogen-bond acceptors (Lipinski definition) is 2. The number of rotatable bonds is 2. The summed E-state index contributed by atoms with van der Waals surface area (Å²) in [6, 6.07) is 10.1. The standard InChI is InChI=1S/C13H6Cl4N2/c14-8-1-2-12(7(3-8)6-18)19-13-5-10(16)9(15)4-11(13)17/h1-5,19H. The summed E-state index contributed by atoms with van der Waals surface area (Å²) in [5.74, 6) is 0. The van der Waals surface area contributed by atoms with Crippen LogP contribution < -0.4 is 5.32 Å². The molecule has 2 aromatic carbocycles. The van der Waals surface area contributed by atoms with E-state index in [-0.39, 0.29) is 0 Å². The van der Waals surface area contributed by atoms with Crippen molar-refractivity contribution in [3.8, 4) is 6.07 Å². The van der Waals surface area contributed by atoms with Crippen LogP contribution in [0, 0.1) is 11.3 Å². The van der Waals surface area contributed by atoms with E-state index in [0.29, 0.717) is 37.0 Å². The second-order valence-corrected chi connectivity index (χ2v) is 5.33. The molecule has 0 aromatic heterocycles. The van der Waals surface area contributed by atoms with Gasteiger partial charge < -0.3 is 5.32 Å². The van der Waals surface area contributed by atoms with Crippen LogP contribution in [0.4, 0.5) is 11.4 Å². The number of benzene rings is 2. The highest BCUT2D eigenvalue weighted by molar-refractivity contribution is 6.44. The van der Waals surface area contributed by atoms with E-state index in [1.54, 1.807) is 24.3 Å². The molecule has 0 fully saturated rings. The van der Waals surface area contributed by atoms with Crippen LogP contribution in [0.2, 0.25) is 20.1 Å². The zero-order valence-corrected chi connectivity index (χ0v) is 12.4. The first-order valence-corrected chi connectivity index (χ1v) is 6.63. The average Bonchev–Trinajstić information content (AvgIpc) is 2.37. The Balaban J connectivity index is 2.42. The summed E-state index contributed by atoms with van der Waals surface area (Å²) in [5.41, 5.74) is 1.57. The van der Waals surface area contributed by atoms with Crippen molar-refractivity contribution in [1.29, 1.82) is 5.26 Å². The average molecular weight is 332 g/mol. The third-order valence-electron chi connectivity index (χ3n) is 2.38. The maximum Gasteiger partial charge on any atom is 0.101 e. The molecule has 0 radical (unpaired) electrons. The van der Waals surface area contributed by atoms with Gasteiger partial charge in [0, 0.05) is 5.02 Å². The third kappa shape index (κ3) is 3.26. The van der Waals surface area contributed by atoms with E-state index in [2.05, 4.69) is 11.4 Å². The molecule has 0 saturated carbocycles. The maximum atomic E-state index is 9.06. The van der Waals surface area contributed by atoms with E-state index < -0.39 is 0 Å². The van der Waals surface area contributed by atoms with Gasteiger partial charge >= 0.3 is 0 Å². The first kappa shape index (κ1) is 14.3. The van der Waals surface area contributed by atoms with Crippen molar-refractivity contribution in [2.45, 2.75) is 0 Å². The molecule has 6 heteroatoms. The third-order valence-corrected chi connectivity index (χ3v) is 3.65. The van der Waals surface area contributed by atoms with Crippen molar-refractivity contribution >= 4 is 57.8 Å². The van der Waals surface area contributed by atoms with Gasteiger partial charge in [-0.25, -0.2) is 0 Å². The van der Waals surface area contributed by atoms with E-state index in [4.69, 9.17) is 51.7 Å². The summed E-state index contributed by atoms with van der Waals surface area (Å²) >= 11 is 23.7. The molecular weight excluding hydrogens is 326 g/mol. The molecule has 0 aliphatic heterocycles. The number of anilines is 2. The summed E-state index contributed by atoms with van der Waals surface area (Å²) in [4.78, 5) is 0. The van der Waals surface area contributed by atoms with Crippen molar-refractivity contribution in [2.24, 2.45) is 0 Å². The van der Waals surface area contributed by atoms with Crippen molar-refractivity contribution in [3.63, 3.8) is 0 Å². The second-order valence-electron chi connectivity index (χ2n) is 3.67. The molecule has 96 valence electrons. The highest BCUT2D eigenvalue weighted by Crippen LogP contribution is 2.34. The van der Waals surface area contributed by atoms with Crippen molar-refractivity contribution < 1.29 is 0 Å². The van der Waals surface area contributed by atoms with E-state index in [1.807, 2.05) is 0 Å². The summed E-state index contributed by atoms with van der Waals surface area (Å²) in [6.07, 6.45) is 0. The number of hydrogen-bond donors (Lipinski definition) is 1. The Morgan fingerprint density at radius 3 is 2.21 bits per heavy atom. The molecular formula is C13H6Cl4N2. The molecule has 0 unspecified atom stereocenters. The van der Waals surface area contributed by atoms with Crippen LogP contribution >= 0.6 is 46.4 Å². The van der Waals surface area contributed by atoms with Gasteiger partial charge in [-0.05, 0) is 30.3 Å². The van der Waals surface area contributed by atoms with Gasteiger partial charge in [0.2, 0.25) is 0 Å². The van der Waals surface area contributed by atoms with Crippen LogP contribution in [-0.4, -0.2) is 0 Å². The Morgan fingerprint density at radius 1 is 0.842 bits per heavy atom. The molecule has 2 aromatic rings. The zero-order chi connectivity index (χ0) is 14.0. The first-order valence-electron chi connectivity index (χ1n) is 5.12. The molecule has 0 heterocycles. The molecule has 2 rings (SSSR count). The molecule has 0 saturated heterocycles. The van der Waals surface area contributed by atoms with Crippen LogP contribution in [-0.2, 0) is 0 Å². The van der Waals surface area contributed by atoms with Gasteiger partial charge in [0.15, 0.2) is 0 Å². The Morgan fingerprint density at radius 2 is 1.53 bits per heavy atom. The predicted octanol–water partition coefficient (Wildman–Crippen LogP) is 5.92. The smallest absolute Gasteiger partial charge is 0.101 e. The monoisotopic (exact) mass is 330 g/mol. The summed E-state index contributed by atoms with van der Waals surface area (Å²) in [6.45, 7) is 0. The molecule has 0 bridgehead atoms. The Bertz CT molecular complexity index is 677. The van der Waals surface area contributed by atoms with Gasteiger partial charge in [0.05, 0.1) is 32.0 Å². The SMILES string of the molecule is N#Cc1cc(Cl)ccc1Nc1cc(Cl)c(Cl)cc1Cl. The fourth-order valence-corrected chi connectivity index (χ4v) is 2.25. The van der Waals surface area contributed by atoms with Crippen LogP contribution in [0.5, 0.6) is 0 Å². The quantitative estimate of drug-likeness (QED) is 0.694. The Hall–Kier alpha value is -1.11. The van der Waals surface area contributed by atoms with Gasteiger partial charge in [0.25, 0.3) is 0 Å². The van der Waals surface area contributed by atoms with Crippen LogP contribution in [0.15, 0.2) is 30.3 Å². The topological polar surface area (TPSA) is 35.8 Å².